The predicted molar refractivity (Wildman–Crippen MR) is 85.1 cm³/mol. The summed E-state index contributed by atoms with van der Waals surface area (Å²) in [6.07, 6.45) is 2.59. The molecular weight excluding hydrogens is 276 g/mol. The molecule has 22 heavy (non-hydrogen) atoms. The number of nitrogens with one attached hydrogen (secondary N) is 1. The number of nitrogens with zero attached hydrogens (tertiary/aromatic N) is 3. The van der Waals surface area contributed by atoms with Crippen molar-refractivity contribution in [2.24, 2.45) is 0 Å². The maximum Gasteiger partial charge on any atom is 0.277 e. The summed E-state index contributed by atoms with van der Waals surface area (Å²) < 4.78 is 1.58. The molecule has 0 radical (unpaired) electrons. The van der Waals surface area contributed by atoms with Gasteiger partial charge in [0.05, 0.1) is 11.9 Å². The van der Waals surface area contributed by atoms with Crippen molar-refractivity contribution < 1.29 is 4.79 Å². The Balaban J connectivity index is 1.74. The lowest BCUT2D eigenvalue weighted by Gasteiger charge is -2.03. The standard InChI is InChI=1S/C17H16N4O/c1-2-13-8-10-14(11-9-13)18-17(22)16-12-21(20-19-16)15-6-4-3-5-7-15/h3-12H,2H2,1H3,(H,18,22). The molecule has 0 saturated carbocycles. The summed E-state index contributed by atoms with van der Waals surface area (Å²) in [6.45, 7) is 2.09. The third-order valence-corrected chi connectivity index (χ3v) is 3.37. The summed E-state index contributed by atoms with van der Waals surface area (Å²) in [7, 11) is 0. The first-order valence-corrected chi connectivity index (χ1v) is 7.14. The van der Waals surface area contributed by atoms with E-state index in [0.717, 1.165) is 17.8 Å². The number of amides is 1. The number of benzene rings is 2. The van der Waals surface area contributed by atoms with Crippen molar-refractivity contribution in [2.75, 3.05) is 5.32 Å². The summed E-state index contributed by atoms with van der Waals surface area (Å²) >= 11 is 0. The Hall–Kier alpha value is -2.95. The van der Waals surface area contributed by atoms with Crippen molar-refractivity contribution in [2.45, 2.75) is 13.3 Å². The fourth-order valence-electron chi connectivity index (χ4n) is 2.09. The second-order valence-electron chi connectivity index (χ2n) is 4.89. The normalized spacial score (nSPS) is 10.4. The van der Waals surface area contributed by atoms with Crippen molar-refractivity contribution in [3.05, 3.63) is 72.1 Å². The van der Waals surface area contributed by atoms with Gasteiger partial charge in [-0.1, -0.05) is 42.5 Å². The summed E-state index contributed by atoms with van der Waals surface area (Å²) in [5, 5.41) is 10.7. The zero-order valence-corrected chi connectivity index (χ0v) is 12.2. The molecule has 1 aromatic heterocycles. The fraction of sp³-hybridized carbons (Fsp3) is 0.118. The lowest BCUT2D eigenvalue weighted by molar-refractivity contribution is 0.102. The monoisotopic (exact) mass is 292 g/mol. The number of anilines is 1. The topological polar surface area (TPSA) is 59.8 Å². The Morgan fingerprint density at radius 3 is 2.50 bits per heavy atom. The minimum Gasteiger partial charge on any atom is -0.321 e. The fourth-order valence-corrected chi connectivity index (χ4v) is 2.09. The molecule has 0 fully saturated rings. The summed E-state index contributed by atoms with van der Waals surface area (Å²) in [4.78, 5) is 12.2. The highest BCUT2D eigenvalue weighted by Gasteiger charge is 2.11. The molecule has 1 heterocycles. The van der Waals surface area contributed by atoms with Gasteiger partial charge in [0.2, 0.25) is 0 Å². The Kier molecular flexibility index (Phi) is 3.96. The zero-order valence-electron chi connectivity index (χ0n) is 12.2. The maximum absolute atomic E-state index is 12.2. The minimum atomic E-state index is -0.272. The molecule has 0 aliphatic rings. The molecule has 0 spiro atoms. The van der Waals surface area contributed by atoms with E-state index in [4.69, 9.17) is 0 Å². The van der Waals surface area contributed by atoms with Crippen LogP contribution >= 0.6 is 0 Å². The molecule has 1 amide bonds. The molecule has 0 saturated heterocycles. The molecule has 5 nitrogen and oxygen atoms in total. The molecule has 1 N–H and O–H groups in total. The largest absolute Gasteiger partial charge is 0.321 e. The summed E-state index contributed by atoms with van der Waals surface area (Å²) in [5.41, 5.74) is 3.12. The second kappa shape index (κ2) is 6.22. The Labute approximate surface area is 128 Å². The van der Waals surface area contributed by atoms with Gasteiger partial charge >= 0.3 is 0 Å². The van der Waals surface area contributed by atoms with Crippen LogP contribution in [0.5, 0.6) is 0 Å². The van der Waals surface area contributed by atoms with Crippen molar-refractivity contribution in [1.29, 1.82) is 0 Å². The molecule has 0 aliphatic carbocycles. The molecule has 0 aliphatic heterocycles. The van der Waals surface area contributed by atoms with E-state index in [9.17, 15) is 4.79 Å². The third kappa shape index (κ3) is 3.03. The summed E-state index contributed by atoms with van der Waals surface area (Å²) in [6, 6.07) is 17.3. The molecule has 3 rings (SSSR count). The zero-order chi connectivity index (χ0) is 15.4. The van der Waals surface area contributed by atoms with Gasteiger partial charge in [-0.3, -0.25) is 4.79 Å². The SMILES string of the molecule is CCc1ccc(NC(=O)c2cn(-c3ccccc3)nn2)cc1. The van der Waals surface area contributed by atoms with Crippen LogP contribution in [0.25, 0.3) is 5.69 Å². The first-order chi connectivity index (χ1) is 10.8. The third-order valence-electron chi connectivity index (χ3n) is 3.37. The van der Waals surface area contributed by atoms with E-state index in [0.29, 0.717) is 0 Å². The number of aromatic nitrogens is 3. The lowest BCUT2D eigenvalue weighted by Crippen LogP contribution is -2.12. The number of hydrogen-bond donors (Lipinski definition) is 1. The van der Waals surface area contributed by atoms with Crippen LogP contribution in [0.4, 0.5) is 5.69 Å². The highest BCUT2D eigenvalue weighted by molar-refractivity contribution is 6.02. The van der Waals surface area contributed by atoms with E-state index in [-0.39, 0.29) is 11.6 Å². The van der Waals surface area contributed by atoms with E-state index in [2.05, 4.69) is 22.6 Å². The lowest BCUT2D eigenvalue weighted by atomic mass is 10.1. The highest BCUT2D eigenvalue weighted by Crippen LogP contribution is 2.12. The minimum absolute atomic E-state index is 0.272. The molecule has 2 aromatic carbocycles. The Bertz CT molecular complexity index is 763. The summed E-state index contributed by atoms with van der Waals surface area (Å²) in [5.74, 6) is -0.272. The quantitative estimate of drug-likeness (QED) is 0.804. The average Bonchev–Trinajstić information content (AvgIpc) is 3.06. The Morgan fingerprint density at radius 2 is 1.82 bits per heavy atom. The van der Waals surface area contributed by atoms with Crippen LogP contribution in [0.3, 0.4) is 0 Å². The van der Waals surface area contributed by atoms with Crippen LogP contribution in [-0.2, 0) is 6.42 Å². The van der Waals surface area contributed by atoms with Crippen LogP contribution < -0.4 is 5.32 Å². The molecule has 3 aromatic rings. The van der Waals surface area contributed by atoms with Gasteiger partial charge in [-0.15, -0.1) is 5.10 Å². The molecule has 0 unspecified atom stereocenters. The predicted octanol–water partition coefficient (Wildman–Crippen LogP) is 3.08. The van der Waals surface area contributed by atoms with Crippen LogP contribution in [0, 0.1) is 0 Å². The van der Waals surface area contributed by atoms with Crippen molar-refractivity contribution in [1.82, 2.24) is 15.0 Å². The number of hydrogen-bond acceptors (Lipinski definition) is 3. The molecule has 0 bridgehead atoms. The van der Waals surface area contributed by atoms with Crippen LogP contribution in [-0.4, -0.2) is 20.9 Å². The van der Waals surface area contributed by atoms with Crippen LogP contribution in [0.15, 0.2) is 60.8 Å². The smallest absolute Gasteiger partial charge is 0.277 e. The van der Waals surface area contributed by atoms with E-state index >= 15 is 0 Å². The number of carbonyl (C=O) groups excluding carboxylic acids is 1. The highest BCUT2D eigenvalue weighted by atomic mass is 16.2. The number of aryl methyl sites for hydroxylation is 1. The second-order valence-corrected chi connectivity index (χ2v) is 4.89. The van der Waals surface area contributed by atoms with E-state index in [1.807, 2.05) is 54.6 Å². The van der Waals surface area contributed by atoms with E-state index in [1.165, 1.54) is 5.56 Å². The molecular formula is C17H16N4O. The van der Waals surface area contributed by atoms with Gasteiger partial charge in [0.15, 0.2) is 5.69 Å². The van der Waals surface area contributed by atoms with Gasteiger partial charge in [-0.25, -0.2) is 4.68 Å². The first kappa shape index (κ1) is 14.0. The van der Waals surface area contributed by atoms with Gasteiger partial charge in [-0.05, 0) is 36.2 Å². The Morgan fingerprint density at radius 1 is 1.09 bits per heavy atom. The van der Waals surface area contributed by atoms with Crippen molar-refractivity contribution >= 4 is 11.6 Å². The van der Waals surface area contributed by atoms with Crippen LogP contribution in [0.2, 0.25) is 0 Å². The van der Waals surface area contributed by atoms with Gasteiger partial charge in [0, 0.05) is 5.69 Å². The van der Waals surface area contributed by atoms with Gasteiger partial charge in [0.25, 0.3) is 5.91 Å². The first-order valence-electron chi connectivity index (χ1n) is 7.14. The average molecular weight is 292 g/mol. The number of rotatable bonds is 4. The van der Waals surface area contributed by atoms with Crippen molar-refractivity contribution in [3.63, 3.8) is 0 Å². The van der Waals surface area contributed by atoms with Crippen LogP contribution in [0.1, 0.15) is 23.0 Å². The van der Waals surface area contributed by atoms with Gasteiger partial charge in [0.1, 0.15) is 0 Å². The molecule has 0 atom stereocenters. The number of carbonyl (C=O) groups is 1. The maximum atomic E-state index is 12.2. The van der Waals surface area contributed by atoms with Gasteiger partial charge < -0.3 is 5.32 Å². The number of para-hydroxylation sites is 1. The van der Waals surface area contributed by atoms with Crippen molar-refractivity contribution in [3.8, 4) is 5.69 Å². The van der Waals surface area contributed by atoms with E-state index in [1.54, 1.807) is 10.9 Å². The molecule has 5 heteroatoms. The van der Waals surface area contributed by atoms with E-state index < -0.39 is 0 Å². The van der Waals surface area contributed by atoms with Gasteiger partial charge in [-0.2, -0.15) is 0 Å². The molecule has 110 valence electrons.